The van der Waals surface area contributed by atoms with Gasteiger partial charge in [0.1, 0.15) is 10.7 Å². The van der Waals surface area contributed by atoms with E-state index in [-0.39, 0.29) is 10.9 Å². The van der Waals surface area contributed by atoms with Crippen LogP contribution in [0.1, 0.15) is 18.3 Å². The van der Waals surface area contributed by atoms with Crippen LogP contribution < -0.4 is 0 Å². The first-order chi connectivity index (χ1) is 11.6. The highest BCUT2D eigenvalue weighted by molar-refractivity contribution is 7.89. The van der Waals surface area contributed by atoms with Crippen LogP contribution in [0.4, 0.5) is 0 Å². The smallest absolute Gasteiger partial charge is 0.244 e. The lowest BCUT2D eigenvalue weighted by Gasteiger charge is -2.18. The largest absolute Gasteiger partial charge is 0.324 e. The minimum Gasteiger partial charge on any atom is -0.324 e. The monoisotopic (exact) mass is 342 g/mol. The van der Waals surface area contributed by atoms with Crippen molar-refractivity contribution in [3.8, 4) is 0 Å². The summed E-state index contributed by atoms with van der Waals surface area (Å²) in [7, 11) is -3.49. The molecule has 4 rings (SSSR count). The zero-order chi connectivity index (χ0) is 16.7. The van der Waals surface area contributed by atoms with Crippen LogP contribution in [0.25, 0.3) is 11.0 Å². The van der Waals surface area contributed by atoms with Gasteiger partial charge >= 0.3 is 0 Å². The summed E-state index contributed by atoms with van der Waals surface area (Å²) in [5.41, 5.74) is 2.00. The molecule has 1 aliphatic heterocycles. The second kappa shape index (κ2) is 5.68. The molecule has 1 atom stereocenters. The Morgan fingerprint density at radius 3 is 2.79 bits per heavy atom. The highest BCUT2D eigenvalue weighted by Gasteiger charge is 2.34. The molecular formula is C17H18N4O2S. The van der Waals surface area contributed by atoms with E-state index < -0.39 is 10.0 Å². The quantitative estimate of drug-likeness (QED) is 0.733. The summed E-state index contributed by atoms with van der Waals surface area (Å²) in [5, 5.41) is 0. The van der Waals surface area contributed by atoms with E-state index in [9.17, 15) is 8.42 Å². The van der Waals surface area contributed by atoms with Crippen LogP contribution in [-0.4, -0.2) is 40.3 Å². The predicted molar refractivity (Wildman–Crippen MR) is 91.1 cm³/mol. The van der Waals surface area contributed by atoms with Crippen molar-refractivity contribution < 1.29 is 8.42 Å². The van der Waals surface area contributed by atoms with Crippen molar-refractivity contribution in [3.05, 3.63) is 54.6 Å². The second-order valence-electron chi connectivity index (χ2n) is 6.01. The number of hydrogen-bond acceptors (Lipinski definition) is 4. The molecule has 1 unspecified atom stereocenters. The van der Waals surface area contributed by atoms with Crippen molar-refractivity contribution in [3.63, 3.8) is 0 Å². The van der Waals surface area contributed by atoms with Gasteiger partial charge in [0.2, 0.25) is 10.0 Å². The van der Waals surface area contributed by atoms with Crippen molar-refractivity contribution in [1.82, 2.24) is 18.8 Å². The lowest BCUT2D eigenvalue weighted by molar-refractivity contribution is 0.452. The van der Waals surface area contributed by atoms with E-state index >= 15 is 0 Å². The lowest BCUT2D eigenvalue weighted by Crippen LogP contribution is -2.29. The Balaban J connectivity index is 1.66. The Labute approximate surface area is 140 Å². The summed E-state index contributed by atoms with van der Waals surface area (Å²) in [6.45, 7) is 2.94. The molecule has 24 heavy (non-hydrogen) atoms. The topological polar surface area (TPSA) is 68.1 Å². The van der Waals surface area contributed by atoms with Gasteiger partial charge in [-0.3, -0.25) is 4.98 Å². The zero-order valence-electron chi connectivity index (χ0n) is 13.3. The number of imidazole rings is 1. The molecule has 3 heterocycles. The maximum atomic E-state index is 12.8. The predicted octanol–water partition coefficient (Wildman–Crippen LogP) is 2.38. The third kappa shape index (κ3) is 2.40. The van der Waals surface area contributed by atoms with E-state index in [0.29, 0.717) is 13.1 Å². The molecule has 0 saturated carbocycles. The SMILES string of the molecule is Cc1nc2ccccc2n1C1CCN(S(=O)(=O)c2cccnc2)C1. The Morgan fingerprint density at radius 1 is 1.17 bits per heavy atom. The average molecular weight is 342 g/mol. The van der Waals surface area contributed by atoms with Gasteiger partial charge in [-0.2, -0.15) is 4.31 Å². The molecule has 1 aromatic carbocycles. The number of para-hydroxylation sites is 2. The number of fused-ring (bicyclic) bond motifs is 1. The van der Waals surface area contributed by atoms with Crippen LogP contribution in [0.2, 0.25) is 0 Å². The molecule has 3 aromatic rings. The fourth-order valence-corrected chi connectivity index (χ4v) is 4.87. The highest BCUT2D eigenvalue weighted by Crippen LogP contribution is 2.30. The number of aromatic nitrogens is 3. The van der Waals surface area contributed by atoms with Crippen molar-refractivity contribution in [1.29, 1.82) is 0 Å². The Morgan fingerprint density at radius 2 is 2.00 bits per heavy atom. The molecule has 1 fully saturated rings. The van der Waals surface area contributed by atoms with E-state index in [2.05, 4.69) is 14.5 Å². The molecule has 6 nitrogen and oxygen atoms in total. The van der Waals surface area contributed by atoms with Crippen molar-refractivity contribution in [2.24, 2.45) is 0 Å². The highest BCUT2D eigenvalue weighted by atomic mass is 32.2. The van der Waals surface area contributed by atoms with E-state index in [4.69, 9.17) is 0 Å². The Kier molecular flexibility index (Phi) is 3.62. The van der Waals surface area contributed by atoms with Crippen LogP contribution in [-0.2, 0) is 10.0 Å². The first-order valence-corrected chi connectivity index (χ1v) is 9.35. The number of rotatable bonds is 3. The molecule has 1 saturated heterocycles. The molecule has 0 spiro atoms. The van der Waals surface area contributed by atoms with Gasteiger partial charge in [-0.25, -0.2) is 13.4 Å². The van der Waals surface area contributed by atoms with Crippen LogP contribution in [0.15, 0.2) is 53.7 Å². The molecule has 0 radical (unpaired) electrons. The number of sulfonamides is 1. The molecule has 0 N–H and O–H groups in total. The van der Waals surface area contributed by atoms with Gasteiger partial charge in [-0.05, 0) is 37.6 Å². The second-order valence-corrected chi connectivity index (χ2v) is 7.95. The third-order valence-electron chi connectivity index (χ3n) is 4.54. The summed E-state index contributed by atoms with van der Waals surface area (Å²) in [6, 6.07) is 11.3. The minimum absolute atomic E-state index is 0.101. The first-order valence-electron chi connectivity index (χ1n) is 7.91. The molecule has 2 aromatic heterocycles. The first kappa shape index (κ1) is 15.3. The molecule has 1 aliphatic rings. The molecular weight excluding hydrogens is 324 g/mol. The number of benzene rings is 1. The fraction of sp³-hybridized carbons (Fsp3) is 0.294. The molecule has 7 heteroatoms. The molecule has 0 aliphatic carbocycles. The van der Waals surface area contributed by atoms with E-state index in [0.717, 1.165) is 23.3 Å². The van der Waals surface area contributed by atoms with Gasteiger partial charge in [0.05, 0.1) is 17.1 Å². The third-order valence-corrected chi connectivity index (χ3v) is 6.38. The number of nitrogens with zero attached hydrogens (tertiary/aromatic N) is 4. The summed E-state index contributed by atoms with van der Waals surface area (Å²) < 4.78 is 29.2. The van der Waals surface area contributed by atoms with E-state index in [1.807, 2.05) is 31.2 Å². The maximum absolute atomic E-state index is 12.8. The van der Waals surface area contributed by atoms with Gasteiger partial charge in [-0.15, -0.1) is 0 Å². The average Bonchev–Trinajstić information content (AvgIpc) is 3.19. The lowest BCUT2D eigenvalue weighted by atomic mass is 10.2. The van der Waals surface area contributed by atoms with Gasteiger partial charge in [-0.1, -0.05) is 12.1 Å². The zero-order valence-corrected chi connectivity index (χ0v) is 14.1. The van der Waals surface area contributed by atoms with Crippen LogP contribution in [0.3, 0.4) is 0 Å². The van der Waals surface area contributed by atoms with Crippen molar-refractivity contribution in [2.75, 3.05) is 13.1 Å². The fourth-order valence-electron chi connectivity index (χ4n) is 3.41. The van der Waals surface area contributed by atoms with Crippen LogP contribution >= 0.6 is 0 Å². The summed E-state index contributed by atoms with van der Waals surface area (Å²) in [4.78, 5) is 8.76. The van der Waals surface area contributed by atoms with Crippen LogP contribution in [0, 0.1) is 6.92 Å². The number of hydrogen-bond donors (Lipinski definition) is 0. The normalized spacial score (nSPS) is 19.1. The van der Waals surface area contributed by atoms with Gasteiger partial charge in [0.15, 0.2) is 0 Å². The van der Waals surface area contributed by atoms with Gasteiger partial charge < -0.3 is 4.57 Å². The number of pyridine rings is 1. The molecule has 0 amide bonds. The standard InChI is InChI=1S/C17H18N4O2S/c1-13-19-16-6-2-3-7-17(16)21(13)14-8-10-20(12-14)24(22,23)15-5-4-9-18-11-15/h2-7,9,11,14H,8,10,12H2,1H3. The molecule has 124 valence electrons. The van der Waals surface area contributed by atoms with Crippen molar-refractivity contribution in [2.45, 2.75) is 24.3 Å². The summed E-state index contributed by atoms with van der Waals surface area (Å²) >= 11 is 0. The Bertz CT molecular complexity index is 982. The maximum Gasteiger partial charge on any atom is 0.244 e. The number of aryl methyl sites for hydroxylation is 1. The minimum atomic E-state index is -3.49. The molecule has 0 bridgehead atoms. The van der Waals surface area contributed by atoms with Crippen LogP contribution in [0.5, 0.6) is 0 Å². The van der Waals surface area contributed by atoms with E-state index in [1.165, 1.54) is 6.20 Å². The summed E-state index contributed by atoms with van der Waals surface area (Å²) in [6.07, 6.45) is 3.76. The van der Waals surface area contributed by atoms with Crippen molar-refractivity contribution >= 4 is 21.1 Å². The van der Waals surface area contributed by atoms with E-state index in [1.54, 1.807) is 22.6 Å². The summed E-state index contributed by atoms with van der Waals surface area (Å²) in [5.74, 6) is 0.918. The van der Waals surface area contributed by atoms with Gasteiger partial charge in [0.25, 0.3) is 0 Å². The van der Waals surface area contributed by atoms with Gasteiger partial charge in [0, 0.05) is 25.5 Å². The Hall–Kier alpha value is -2.25.